The van der Waals surface area contributed by atoms with Crippen LogP contribution >= 0.6 is 0 Å². The topological polar surface area (TPSA) is 122 Å². The Morgan fingerprint density at radius 2 is 2.05 bits per heavy atom. The second kappa shape index (κ2) is 8.68. The monoisotopic (exact) mass is 298 g/mol. The van der Waals surface area contributed by atoms with Crippen molar-refractivity contribution in [2.24, 2.45) is 10.8 Å². The molecule has 0 radical (unpaired) electrons. The number of amides is 2. The van der Waals surface area contributed by atoms with E-state index < -0.39 is 6.03 Å². The zero-order valence-electron chi connectivity index (χ0n) is 10.7. The first-order chi connectivity index (χ1) is 9.16. The molecule has 0 saturated carbocycles. The Balaban J connectivity index is 0.00000115. The Morgan fingerprint density at radius 3 is 2.70 bits per heavy atom. The number of carbonyl (C=O) groups is 1. The highest BCUT2D eigenvalue weighted by atomic mass is 35.5. The molecule has 0 bridgehead atoms. The number of phenols is 1. The normalized spacial score (nSPS) is 9.50. The molecule has 1 aromatic carbocycles. The van der Waals surface area contributed by atoms with Gasteiger partial charge in [0.2, 0.25) is 5.69 Å². The van der Waals surface area contributed by atoms with Gasteiger partial charge in [-0.15, -0.1) is 0 Å². The number of rotatable bonds is 2. The van der Waals surface area contributed by atoms with E-state index in [4.69, 9.17) is 10.8 Å². The van der Waals surface area contributed by atoms with E-state index in [1.165, 1.54) is 6.21 Å². The maximum Gasteiger partial charge on any atom is 0.332 e. The fourth-order valence-electron chi connectivity index (χ4n) is 1.44. The van der Waals surface area contributed by atoms with Crippen LogP contribution in [-0.2, 0) is 0 Å². The summed E-state index contributed by atoms with van der Waals surface area (Å²) < 4.78 is 0. The summed E-state index contributed by atoms with van der Waals surface area (Å²) in [7, 11) is 1.00. The number of halogens is 1. The van der Waals surface area contributed by atoms with E-state index in [1.54, 1.807) is 18.2 Å². The van der Waals surface area contributed by atoms with Gasteiger partial charge in [-0.3, -0.25) is 0 Å². The largest absolute Gasteiger partial charge is 1.00 e. The first-order valence-corrected chi connectivity index (χ1v) is 5.34. The number of urea groups is 1. The maximum atomic E-state index is 10.4. The quantitative estimate of drug-likeness (QED) is 0.348. The number of hydrazone groups is 1. The Hall–Kier alpha value is -2.38. The van der Waals surface area contributed by atoms with Crippen molar-refractivity contribution in [2.75, 3.05) is 7.11 Å². The number of hydrogen-bond acceptors (Lipinski definition) is 4. The molecule has 6 N–H and O–H groups in total. The van der Waals surface area contributed by atoms with Crippen molar-refractivity contribution in [3.63, 3.8) is 0 Å². The standard InChI is InChI=1S/C11H10N4O2.CH4O.ClH/c12-11(17)15-13-6-8-5-4-7-2-1-3-9(16)10(7)14-8;1-2;/h1-6,16H,(H3,12,15,17);2H,1H3;1H/b13-6+;;. The third kappa shape index (κ3) is 4.71. The second-order valence-corrected chi connectivity index (χ2v) is 3.39. The van der Waals surface area contributed by atoms with Gasteiger partial charge in [0.1, 0.15) is 6.21 Å². The van der Waals surface area contributed by atoms with Gasteiger partial charge in [-0.25, -0.2) is 15.2 Å². The molecule has 0 spiro atoms. The van der Waals surface area contributed by atoms with Crippen LogP contribution < -0.4 is 28.6 Å². The van der Waals surface area contributed by atoms with E-state index >= 15 is 0 Å². The summed E-state index contributed by atoms with van der Waals surface area (Å²) in [6.07, 6.45) is 1.40. The fourth-order valence-corrected chi connectivity index (χ4v) is 1.44. The molecule has 0 aliphatic heterocycles. The molecule has 0 unspecified atom stereocenters. The molecule has 0 atom stereocenters. The first kappa shape index (κ1) is 17.6. The number of aliphatic hydroxyl groups excluding tert-OH is 1. The van der Waals surface area contributed by atoms with Gasteiger partial charge in [0.25, 0.3) is 5.52 Å². The lowest BCUT2D eigenvalue weighted by atomic mass is 10.2. The van der Waals surface area contributed by atoms with Gasteiger partial charge >= 0.3 is 6.03 Å². The average Bonchev–Trinajstić information content (AvgIpc) is 2.41. The molecular formula is C12H15ClN4O3. The van der Waals surface area contributed by atoms with E-state index in [0.717, 1.165) is 12.5 Å². The number of aromatic hydroxyl groups is 1. The second-order valence-electron chi connectivity index (χ2n) is 3.39. The summed E-state index contributed by atoms with van der Waals surface area (Å²) in [5, 5.41) is 21.1. The van der Waals surface area contributed by atoms with Crippen molar-refractivity contribution >= 4 is 23.1 Å². The van der Waals surface area contributed by atoms with Crippen LogP contribution in [0.3, 0.4) is 0 Å². The molecule has 1 heterocycles. The minimum absolute atomic E-state index is 0. The number of H-pyrrole nitrogens is 1. The van der Waals surface area contributed by atoms with E-state index in [0.29, 0.717) is 11.2 Å². The Bertz CT molecular complexity index is 604. The Morgan fingerprint density at radius 1 is 1.35 bits per heavy atom. The van der Waals surface area contributed by atoms with Gasteiger partial charge in [-0.2, -0.15) is 5.10 Å². The SMILES string of the molecule is CO.NC(=O)N/N=C/c1ccc2cccc(O)c2[nH+]1.[Cl-]. The molecule has 2 rings (SSSR count). The van der Waals surface area contributed by atoms with Crippen molar-refractivity contribution in [2.45, 2.75) is 0 Å². The minimum Gasteiger partial charge on any atom is -1.00 e. The number of nitrogens with two attached hydrogens (primary N) is 1. The van der Waals surface area contributed by atoms with Crippen LogP contribution in [0.5, 0.6) is 5.75 Å². The number of phenolic OH excluding ortho intramolecular Hbond substituents is 1. The molecule has 0 saturated heterocycles. The number of fused-ring (bicyclic) bond motifs is 1. The number of pyridine rings is 1. The van der Waals surface area contributed by atoms with Gasteiger partial charge < -0.3 is 28.4 Å². The summed E-state index contributed by atoms with van der Waals surface area (Å²) in [6.45, 7) is 0. The zero-order valence-corrected chi connectivity index (χ0v) is 11.4. The highest BCUT2D eigenvalue weighted by Gasteiger charge is 2.07. The van der Waals surface area contributed by atoms with Gasteiger partial charge in [0, 0.05) is 13.2 Å². The van der Waals surface area contributed by atoms with Crippen LogP contribution in [0.2, 0.25) is 0 Å². The summed E-state index contributed by atoms with van der Waals surface area (Å²) in [4.78, 5) is 13.4. The van der Waals surface area contributed by atoms with Crippen molar-refractivity contribution in [1.29, 1.82) is 0 Å². The molecular weight excluding hydrogens is 284 g/mol. The number of carbonyl (C=O) groups excluding carboxylic acids is 1. The first-order valence-electron chi connectivity index (χ1n) is 5.34. The number of benzene rings is 1. The Kier molecular flexibility index (Phi) is 7.64. The van der Waals surface area contributed by atoms with Crippen LogP contribution in [0.15, 0.2) is 35.4 Å². The van der Waals surface area contributed by atoms with Gasteiger partial charge in [0.15, 0.2) is 5.75 Å². The summed E-state index contributed by atoms with van der Waals surface area (Å²) in [5.74, 6) is 0.153. The van der Waals surface area contributed by atoms with Crippen LogP contribution in [0.1, 0.15) is 5.69 Å². The van der Waals surface area contributed by atoms with E-state index in [9.17, 15) is 9.90 Å². The highest BCUT2D eigenvalue weighted by Crippen LogP contribution is 2.19. The number of para-hydroxylation sites is 1. The average molecular weight is 299 g/mol. The molecule has 1 aromatic heterocycles. The Labute approximate surface area is 121 Å². The van der Waals surface area contributed by atoms with Crippen molar-refractivity contribution in [3.8, 4) is 5.75 Å². The lowest BCUT2D eigenvalue weighted by Crippen LogP contribution is -3.00. The van der Waals surface area contributed by atoms with Crippen LogP contribution in [0.4, 0.5) is 4.79 Å². The molecule has 0 aliphatic carbocycles. The number of hydrogen-bond donors (Lipinski definition) is 4. The maximum absolute atomic E-state index is 10.4. The third-order valence-corrected chi connectivity index (χ3v) is 2.16. The number of aromatic nitrogens is 1. The fraction of sp³-hybridized carbons (Fsp3) is 0.0833. The highest BCUT2D eigenvalue weighted by molar-refractivity contribution is 5.84. The molecule has 8 heteroatoms. The lowest BCUT2D eigenvalue weighted by molar-refractivity contribution is -0.347. The molecule has 108 valence electrons. The number of nitrogens with zero attached hydrogens (tertiary/aromatic N) is 1. The molecule has 7 nitrogen and oxygen atoms in total. The molecule has 2 aromatic rings. The number of aliphatic hydroxyl groups is 1. The number of aromatic amines is 1. The molecule has 0 aliphatic rings. The van der Waals surface area contributed by atoms with Gasteiger partial charge in [-0.05, 0) is 18.2 Å². The van der Waals surface area contributed by atoms with E-state index in [1.807, 2.05) is 12.1 Å². The number of primary amides is 1. The lowest BCUT2D eigenvalue weighted by Gasteiger charge is -1.95. The molecule has 20 heavy (non-hydrogen) atoms. The van der Waals surface area contributed by atoms with Crippen LogP contribution in [0.25, 0.3) is 10.9 Å². The predicted octanol–water partition coefficient (Wildman–Crippen LogP) is -3.03. The van der Waals surface area contributed by atoms with Crippen molar-refractivity contribution in [1.82, 2.24) is 5.43 Å². The van der Waals surface area contributed by atoms with Gasteiger partial charge in [0.05, 0.1) is 5.39 Å². The van der Waals surface area contributed by atoms with Crippen molar-refractivity contribution < 1.29 is 32.4 Å². The van der Waals surface area contributed by atoms with Crippen molar-refractivity contribution in [3.05, 3.63) is 36.0 Å². The van der Waals surface area contributed by atoms with E-state index in [-0.39, 0.29) is 18.2 Å². The number of nitrogens with one attached hydrogen (secondary N) is 2. The smallest absolute Gasteiger partial charge is 0.332 e. The molecule has 0 fully saturated rings. The summed E-state index contributed by atoms with van der Waals surface area (Å²) in [6, 6.07) is 8.08. The summed E-state index contributed by atoms with van der Waals surface area (Å²) in [5.41, 5.74) is 8.18. The van der Waals surface area contributed by atoms with Crippen LogP contribution in [-0.4, -0.2) is 29.6 Å². The predicted molar refractivity (Wildman–Crippen MR) is 70.6 cm³/mol. The third-order valence-electron chi connectivity index (χ3n) is 2.16. The van der Waals surface area contributed by atoms with E-state index in [2.05, 4.69) is 15.5 Å². The molecule has 2 amide bonds. The zero-order chi connectivity index (χ0) is 14.3. The van der Waals surface area contributed by atoms with Crippen LogP contribution in [0, 0.1) is 0 Å². The summed E-state index contributed by atoms with van der Waals surface area (Å²) >= 11 is 0. The van der Waals surface area contributed by atoms with Gasteiger partial charge in [-0.1, -0.05) is 6.07 Å². The minimum atomic E-state index is -0.732.